The highest BCUT2D eigenvalue weighted by Gasteiger charge is 2.18. The van der Waals surface area contributed by atoms with Gasteiger partial charge >= 0.3 is 5.97 Å². The van der Waals surface area contributed by atoms with Crippen LogP contribution in [-0.4, -0.2) is 12.6 Å². The van der Waals surface area contributed by atoms with Gasteiger partial charge in [-0.1, -0.05) is 11.6 Å². The molecule has 2 N–H and O–H groups in total. The normalized spacial score (nSPS) is 9.93. The summed E-state index contributed by atoms with van der Waals surface area (Å²) in [7, 11) is 0. The van der Waals surface area contributed by atoms with Crippen molar-refractivity contribution >= 4 is 23.3 Å². The summed E-state index contributed by atoms with van der Waals surface area (Å²) in [6, 6.07) is 2.37. The second-order valence-electron chi connectivity index (χ2n) is 2.55. The van der Waals surface area contributed by atoms with E-state index in [4.69, 9.17) is 17.3 Å². The molecule has 1 rings (SSSR count). The summed E-state index contributed by atoms with van der Waals surface area (Å²) in [5.74, 6) is -1.40. The molecule has 0 aromatic heterocycles. The van der Waals surface area contributed by atoms with Crippen LogP contribution in [0.1, 0.15) is 17.3 Å². The van der Waals surface area contributed by atoms with Crippen LogP contribution in [0.5, 0.6) is 0 Å². The van der Waals surface area contributed by atoms with E-state index in [0.29, 0.717) is 0 Å². The number of nitrogens with two attached hydrogens (primary N) is 1. The van der Waals surface area contributed by atoms with Gasteiger partial charge in [0.1, 0.15) is 11.4 Å². The van der Waals surface area contributed by atoms with Gasteiger partial charge < -0.3 is 10.5 Å². The third-order valence-corrected chi connectivity index (χ3v) is 1.98. The van der Waals surface area contributed by atoms with Gasteiger partial charge in [-0.25, -0.2) is 9.18 Å². The maximum Gasteiger partial charge on any atom is 0.341 e. The van der Waals surface area contributed by atoms with Crippen LogP contribution in [0.25, 0.3) is 0 Å². The van der Waals surface area contributed by atoms with Crippen molar-refractivity contribution in [1.82, 2.24) is 0 Å². The highest BCUT2D eigenvalue weighted by molar-refractivity contribution is 6.34. The number of hydrogen-bond donors (Lipinski definition) is 1. The molecule has 5 heteroatoms. The largest absolute Gasteiger partial charge is 0.462 e. The van der Waals surface area contributed by atoms with E-state index in [1.807, 2.05) is 0 Å². The topological polar surface area (TPSA) is 52.3 Å². The average Bonchev–Trinajstić information content (AvgIpc) is 2.13. The monoisotopic (exact) mass is 217 g/mol. The number of nitrogen functional groups attached to an aromatic ring is 1. The molecule has 0 heterocycles. The first kappa shape index (κ1) is 10.8. The van der Waals surface area contributed by atoms with Crippen molar-refractivity contribution in [3.63, 3.8) is 0 Å². The van der Waals surface area contributed by atoms with E-state index in [0.717, 1.165) is 6.07 Å². The number of halogens is 2. The van der Waals surface area contributed by atoms with Gasteiger partial charge in [0.05, 0.1) is 11.6 Å². The van der Waals surface area contributed by atoms with Crippen LogP contribution < -0.4 is 5.73 Å². The lowest BCUT2D eigenvalue weighted by molar-refractivity contribution is 0.0527. The van der Waals surface area contributed by atoms with E-state index >= 15 is 0 Å². The lowest BCUT2D eigenvalue weighted by atomic mass is 10.2. The van der Waals surface area contributed by atoms with Gasteiger partial charge in [0.25, 0.3) is 0 Å². The van der Waals surface area contributed by atoms with Crippen LogP contribution >= 0.6 is 11.6 Å². The summed E-state index contributed by atoms with van der Waals surface area (Å²) in [5, 5.41) is -0.302. The summed E-state index contributed by atoms with van der Waals surface area (Å²) >= 11 is 5.57. The number of anilines is 1. The number of ether oxygens (including phenoxy) is 1. The van der Waals surface area contributed by atoms with Gasteiger partial charge in [-0.05, 0) is 19.1 Å². The molecule has 14 heavy (non-hydrogen) atoms. The Kier molecular flexibility index (Phi) is 3.30. The SMILES string of the molecule is CCOC(=O)c1c(N)ccc(F)c1Cl. The van der Waals surface area contributed by atoms with Gasteiger partial charge in [-0.3, -0.25) is 0 Å². The van der Waals surface area contributed by atoms with E-state index in [-0.39, 0.29) is 22.9 Å². The van der Waals surface area contributed by atoms with Crippen LogP contribution in [0.2, 0.25) is 5.02 Å². The summed E-state index contributed by atoms with van der Waals surface area (Å²) in [4.78, 5) is 11.3. The molecule has 3 nitrogen and oxygen atoms in total. The van der Waals surface area contributed by atoms with Gasteiger partial charge in [-0.2, -0.15) is 0 Å². The number of hydrogen-bond acceptors (Lipinski definition) is 3. The standard InChI is InChI=1S/C9H9ClFNO2/c1-2-14-9(13)7-6(12)4-3-5(11)8(7)10/h3-4H,2,12H2,1H3. The Labute approximate surface area is 85.6 Å². The van der Waals surface area contributed by atoms with Gasteiger partial charge in [0.15, 0.2) is 0 Å². The highest BCUT2D eigenvalue weighted by atomic mass is 35.5. The molecule has 0 radical (unpaired) electrons. The third-order valence-electron chi connectivity index (χ3n) is 1.61. The maximum atomic E-state index is 13.0. The van der Waals surface area contributed by atoms with Crippen molar-refractivity contribution in [3.05, 3.63) is 28.5 Å². The molecule has 0 bridgehead atoms. The minimum Gasteiger partial charge on any atom is -0.462 e. The second kappa shape index (κ2) is 4.28. The fourth-order valence-corrected chi connectivity index (χ4v) is 1.23. The molecule has 0 spiro atoms. The summed E-state index contributed by atoms with van der Waals surface area (Å²) < 4.78 is 17.6. The molecule has 0 saturated carbocycles. The summed E-state index contributed by atoms with van der Waals surface area (Å²) in [6.07, 6.45) is 0. The van der Waals surface area contributed by atoms with Gasteiger partial charge in [-0.15, -0.1) is 0 Å². The number of rotatable bonds is 2. The maximum absolute atomic E-state index is 13.0. The molecular weight excluding hydrogens is 209 g/mol. The van der Waals surface area contributed by atoms with E-state index in [2.05, 4.69) is 4.74 Å². The van der Waals surface area contributed by atoms with Crippen molar-refractivity contribution < 1.29 is 13.9 Å². The smallest absolute Gasteiger partial charge is 0.341 e. The average molecular weight is 218 g/mol. The Balaban J connectivity index is 3.18. The predicted molar refractivity (Wildman–Crippen MR) is 51.8 cm³/mol. The Morgan fingerprint density at radius 1 is 1.64 bits per heavy atom. The Hall–Kier alpha value is -1.29. The molecule has 76 valence electrons. The van der Waals surface area contributed by atoms with E-state index in [1.54, 1.807) is 6.92 Å². The zero-order chi connectivity index (χ0) is 10.7. The number of carbonyl (C=O) groups is 1. The molecule has 0 aliphatic heterocycles. The summed E-state index contributed by atoms with van der Waals surface area (Å²) in [5.41, 5.74) is 5.46. The Bertz CT molecular complexity index is 368. The van der Waals surface area contributed by atoms with Crippen LogP contribution in [-0.2, 0) is 4.74 Å². The Morgan fingerprint density at radius 3 is 2.86 bits per heavy atom. The van der Waals surface area contributed by atoms with E-state index in [9.17, 15) is 9.18 Å². The molecule has 1 aromatic carbocycles. The van der Waals surface area contributed by atoms with Crippen LogP contribution in [0.4, 0.5) is 10.1 Å². The fourth-order valence-electron chi connectivity index (χ4n) is 0.976. The predicted octanol–water partition coefficient (Wildman–Crippen LogP) is 2.24. The van der Waals surface area contributed by atoms with Crippen molar-refractivity contribution in [2.75, 3.05) is 12.3 Å². The van der Waals surface area contributed by atoms with Crippen molar-refractivity contribution in [1.29, 1.82) is 0 Å². The zero-order valence-corrected chi connectivity index (χ0v) is 8.27. The lowest BCUT2D eigenvalue weighted by Gasteiger charge is -2.07. The first-order valence-electron chi connectivity index (χ1n) is 3.98. The number of esters is 1. The van der Waals surface area contributed by atoms with Gasteiger partial charge in [0, 0.05) is 5.69 Å². The lowest BCUT2D eigenvalue weighted by Crippen LogP contribution is -2.09. The van der Waals surface area contributed by atoms with Crippen LogP contribution in [0.15, 0.2) is 12.1 Å². The van der Waals surface area contributed by atoms with Crippen molar-refractivity contribution in [2.24, 2.45) is 0 Å². The number of benzene rings is 1. The number of carbonyl (C=O) groups excluding carboxylic acids is 1. The first-order valence-corrected chi connectivity index (χ1v) is 4.36. The quantitative estimate of drug-likeness (QED) is 0.611. The van der Waals surface area contributed by atoms with Gasteiger partial charge in [0.2, 0.25) is 0 Å². The molecule has 0 aliphatic rings. The van der Waals surface area contributed by atoms with Crippen molar-refractivity contribution in [2.45, 2.75) is 6.92 Å². The minimum atomic E-state index is -0.713. The zero-order valence-electron chi connectivity index (χ0n) is 7.51. The summed E-state index contributed by atoms with van der Waals surface area (Å²) in [6.45, 7) is 1.83. The fraction of sp³-hybridized carbons (Fsp3) is 0.222. The van der Waals surface area contributed by atoms with Crippen LogP contribution in [0.3, 0.4) is 0 Å². The molecule has 0 atom stereocenters. The minimum absolute atomic E-state index is 0.106. The molecule has 0 fully saturated rings. The van der Waals surface area contributed by atoms with Crippen molar-refractivity contribution in [3.8, 4) is 0 Å². The third kappa shape index (κ3) is 1.96. The van der Waals surface area contributed by atoms with E-state index < -0.39 is 11.8 Å². The molecule has 0 unspecified atom stereocenters. The molecular formula is C9H9ClFNO2. The van der Waals surface area contributed by atoms with E-state index in [1.165, 1.54) is 6.07 Å². The van der Waals surface area contributed by atoms with Crippen LogP contribution in [0, 0.1) is 5.82 Å². The molecule has 0 amide bonds. The molecule has 0 saturated heterocycles. The Morgan fingerprint density at radius 2 is 2.29 bits per heavy atom. The molecule has 1 aromatic rings. The molecule has 0 aliphatic carbocycles. The second-order valence-corrected chi connectivity index (χ2v) is 2.92. The first-order chi connectivity index (χ1) is 6.57. The highest BCUT2D eigenvalue weighted by Crippen LogP contribution is 2.25.